The summed E-state index contributed by atoms with van der Waals surface area (Å²) >= 11 is 0. The Balaban J connectivity index is 4.29. The highest BCUT2D eigenvalue weighted by atomic mass is 16.6. The maximum atomic E-state index is 12.8. The molecular weight excluding hydrogens is 793 g/mol. The fourth-order valence-electron chi connectivity index (χ4n) is 8.87. The lowest BCUT2D eigenvalue weighted by Crippen LogP contribution is -2.30. The van der Waals surface area contributed by atoms with Crippen LogP contribution in [0.3, 0.4) is 0 Å². The number of rotatable bonds is 52. The Labute approximate surface area is 399 Å². The lowest BCUT2D eigenvalue weighted by Gasteiger charge is -2.18. The van der Waals surface area contributed by atoms with Crippen molar-refractivity contribution in [3.05, 3.63) is 0 Å². The second-order valence-electron chi connectivity index (χ2n) is 20.9. The van der Waals surface area contributed by atoms with Crippen LogP contribution in [-0.4, -0.2) is 37.2 Å². The van der Waals surface area contributed by atoms with Crippen molar-refractivity contribution in [1.82, 2.24) is 0 Å². The van der Waals surface area contributed by atoms with Gasteiger partial charge in [0.25, 0.3) is 0 Å². The van der Waals surface area contributed by atoms with Gasteiger partial charge < -0.3 is 14.2 Å². The van der Waals surface area contributed by atoms with Gasteiger partial charge in [0.15, 0.2) is 6.10 Å². The second-order valence-corrected chi connectivity index (χ2v) is 20.9. The molecule has 0 bridgehead atoms. The summed E-state index contributed by atoms with van der Waals surface area (Å²) in [6.45, 7) is 11.4. The summed E-state index contributed by atoms with van der Waals surface area (Å²) in [5.74, 6) is 0.840. The number of ether oxygens (including phenoxy) is 3. The molecule has 6 heteroatoms. The first-order valence-electron chi connectivity index (χ1n) is 28.7. The van der Waals surface area contributed by atoms with Crippen LogP contribution < -0.4 is 0 Å². The average molecular weight is 906 g/mol. The van der Waals surface area contributed by atoms with Crippen molar-refractivity contribution in [1.29, 1.82) is 0 Å². The van der Waals surface area contributed by atoms with Crippen LogP contribution in [0.25, 0.3) is 0 Å². The van der Waals surface area contributed by atoms with Crippen LogP contribution in [0.2, 0.25) is 0 Å². The largest absolute Gasteiger partial charge is 0.462 e. The van der Waals surface area contributed by atoms with Gasteiger partial charge in [-0.3, -0.25) is 14.4 Å². The van der Waals surface area contributed by atoms with Crippen molar-refractivity contribution in [2.75, 3.05) is 13.2 Å². The number of hydrogen-bond acceptors (Lipinski definition) is 6. The third-order valence-electron chi connectivity index (χ3n) is 13.2. The first-order valence-corrected chi connectivity index (χ1v) is 28.7. The molecule has 0 N–H and O–H groups in total. The van der Waals surface area contributed by atoms with Crippen LogP contribution in [0, 0.1) is 11.8 Å². The lowest BCUT2D eigenvalue weighted by molar-refractivity contribution is -0.167. The Morgan fingerprint density at radius 1 is 0.297 bits per heavy atom. The van der Waals surface area contributed by atoms with Crippen LogP contribution in [0.5, 0.6) is 0 Å². The molecule has 0 heterocycles. The Morgan fingerprint density at radius 3 is 0.766 bits per heavy atom. The van der Waals surface area contributed by atoms with Crippen LogP contribution in [0.15, 0.2) is 0 Å². The molecule has 0 spiro atoms. The summed E-state index contributed by atoms with van der Waals surface area (Å²) in [5.41, 5.74) is 0. The van der Waals surface area contributed by atoms with Crippen molar-refractivity contribution in [3.63, 3.8) is 0 Å². The number of carbonyl (C=O) groups is 3. The SMILES string of the molecule is CCCCCCCCCCCCCCCCC(=O)O[C@@H](COC(=O)CCCCCCCCCCCCCCCCC(C)C)COC(=O)CCCCCCCCCCCCCCC(C)C. The molecule has 0 radical (unpaired) electrons. The van der Waals surface area contributed by atoms with Gasteiger partial charge in [0, 0.05) is 19.3 Å². The predicted molar refractivity (Wildman–Crippen MR) is 275 cm³/mol. The number of esters is 3. The van der Waals surface area contributed by atoms with Gasteiger partial charge in [-0.2, -0.15) is 0 Å². The molecule has 64 heavy (non-hydrogen) atoms. The first-order chi connectivity index (χ1) is 31.2. The average Bonchev–Trinajstić information content (AvgIpc) is 3.27. The van der Waals surface area contributed by atoms with Crippen molar-refractivity contribution < 1.29 is 28.6 Å². The zero-order valence-electron chi connectivity index (χ0n) is 43.9. The van der Waals surface area contributed by atoms with Gasteiger partial charge >= 0.3 is 17.9 Å². The van der Waals surface area contributed by atoms with E-state index in [0.717, 1.165) is 69.6 Å². The normalized spacial score (nSPS) is 12.0. The lowest BCUT2D eigenvalue weighted by atomic mass is 10.0. The van der Waals surface area contributed by atoms with E-state index in [1.165, 1.54) is 212 Å². The summed E-state index contributed by atoms with van der Waals surface area (Å²) in [7, 11) is 0. The van der Waals surface area contributed by atoms with Gasteiger partial charge in [0.1, 0.15) is 13.2 Å². The van der Waals surface area contributed by atoms with Crippen LogP contribution in [0.1, 0.15) is 324 Å². The van der Waals surface area contributed by atoms with Gasteiger partial charge in [-0.25, -0.2) is 0 Å². The summed E-state index contributed by atoms with van der Waals surface area (Å²) in [6.07, 6.45) is 53.7. The molecular formula is C58H112O6. The summed E-state index contributed by atoms with van der Waals surface area (Å²) in [6, 6.07) is 0. The summed E-state index contributed by atoms with van der Waals surface area (Å²) in [4.78, 5) is 38.1. The predicted octanol–water partition coefficient (Wildman–Crippen LogP) is 18.9. The van der Waals surface area contributed by atoms with Crippen LogP contribution in [-0.2, 0) is 28.6 Å². The molecule has 0 saturated heterocycles. The topological polar surface area (TPSA) is 78.9 Å². The molecule has 380 valence electrons. The smallest absolute Gasteiger partial charge is 0.306 e. The van der Waals surface area contributed by atoms with E-state index in [1.54, 1.807) is 0 Å². The number of carbonyl (C=O) groups excluding carboxylic acids is 3. The van der Waals surface area contributed by atoms with Gasteiger partial charge in [-0.1, -0.05) is 285 Å². The zero-order chi connectivity index (χ0) is 46.8. The van der Waals surface area contributed by atoms with Gasteiger partial charge in [-0.05, 0) is 31.1 Å². The maximum Gasteiger partial charge on any atom is 0.306 e. The molecule has 0 aliphatic heterocycles. The minimum absolute atomic E-state index is 0.0626. The molecule has 0 aromatic carbocycles. The number of unbranched alkanes of at least 4 members (excludes halogenated alkanes) is 37. The van der Waals surface area contributed by atoms with Gasteiger partial charge in [0.05, 0.1) is 0 Å². The highest BCUT2D eigenvalue weighted by Gasteiger charge is 2.19. The Bertz CT molecular complexity index is 978. The molecule has 0 rings (SSSR count). The van der Waals surface area contributed by atoms with E-state index in [-0.39, 0.29) is 31.1 Å². The van der Waals surface area contributed by atoms with E-state index < -0.39 is 6.10 Å². The van der Waals surface area contributed by atoms with Gasteiger partial charge in [0.2, 0.25) is 0 Å². The molecule has 1 atom stereocenters. The molecule has 6 nitrogen and oxygen atoms in total. The van der Waals surface area contributed by atoms with E-state index in [0.29, 0.717) is 19.3 Å². The molecule has 0 amide bonds. The van der Waals surface area contributed by atoms with Crippen molar-refractivity contribution in [2.45, 2.75) is 330 Å². The molecule has 0 unspecified atom stereocenters. The molecule has 0 aromatic heterocycles. The zero-order valence-corrected chi connectivity index (χ0v) is 43.9. The van der Waals surface area contributed by atoms with Crippen LogP contribution >= 0.6 is 0 Å². The summed E-state index contributed by atoms with van der Waals surface area (Å²) in [5, 5.41) is 0. The van der Waals surface area contributed by atoms with Crippen molar-refractivity contribution in [2.24, 2.45) is 11.8 Å². The third-order valence-corrected chi connectivity index (χ3v) is 13.2. The molecule has 0 aliphatic carbocycles. The first kappa shape index (κ1) is 62.4. The highest BCUT2D eigenvalue weighted by Crippen LogP contribution is 2.18. The van der Waals surface area contributed by atoms with E-state index >= 15 is 0 Å². The molecule has 0 saturated carbocycles. The Kier molecular flexibility index (Phi) is 49.6. The van der Waals surface area contributed by atoms with Crippen molar-refractivity contribution >= 4 is 17.9 Å². The minimum Gasteiger partial charge on any atom is -0.462 e. The molecule has 0 aliphatic rings. The quantitative estimate of drug-likeness (QED) is 0.0344. The maximum absolute atomic E-state index is 12.8. The van der Waals surface area contributed by atoms with E-state index in [9.17, 15) is 14.4 Å². The fourth-order valence-corrected chi connectivity index (χ4v) is 8.87. The molecule has 0 aromatic rings. The second kappa shape index (κ2) is 50.8. The summed E-state index contributed by atoms with van der Waals surface area (Å²) < 4.78 is 16.9. The number of hydrogen-bond donors (Lipinski definition) is 0. The Morgan fingerprint density at radius 2 is 0.516 bits per heavy atom. The van der Waals surface area contributed by atoms with Crippen LogP contribution in [0.4, 0.5) is 0 Å². The molecule has 0 fully saturated rings. The minimum atomic E-state index is -0.762. The van der Waals surface area contributed by atoms with E-state index in [2.05, 4.69) is 34.6 Å². The monoisotopic (exact) mass is 905 g/mol. The third kappa shape index (κ3) is 51.4. The van der Waals surface area contributed by atoms with Gasteiger partial charge in [-0.15, -0.1) is 0 Å². The van der Waals surface area contributed by atoms with Crippen molar-refractivity contribution in [3.8, 4) is 0 Å². The Hall–Kier alpha value is -1.59. The van der Waals surface area contributed by atoms with E-state index in [4.69, 9.17) is 14.2 Å². The van der Waals surface area contributed by atoms with E-state index in [1.807, 2.05) is 0 Å². The highest BCUT2D eigenvalue weighted by molar-refractivity contribution is 5.71. The fraction of sp³-hybridized carbons (Fsp3) is 0.948. The standard InChI is InChI=1S/C58H112O6/c1-6-7-8-9-10-11-12-13-17-25-30-35-40-45-50-58(61)64-55(52-63-57(60)49-44-39-34-29-24-20-19-22-27-32-37-42-47-54(4)5)51-62-56(59)48-43-38-33-28-23-18-15-14-16-21-26-31-36-41-46-53(2)3/h53-55H,6-52H2,1-5H3/t55-/m0/s1.